The topological polar surface area (TPSA) is 177 Å². The Morgan fingerprint density at radius 3 is 2.13 bits per heavy atom. The molecule has 3 aliphatic heterocycles. The third-order valence-electron chi connectivity index (χ3n) is 9.25. The van der Waals surface area contributed by atoms with Crippen molar-refractivity contribution in [2.75, 3.05) is 12.4 Å². The molecule has 3 aromatic carbocycles. The number of hydrogen-bond donors (Lipinski definition) is 4. The molecule has 0 saturated carbocycles. The number of amidine groups is 1. The van der Waals surface area contributed by atoms with Crippen molar-refractivity contribution in [1.29, 1.82) is 0 Å². The smallest absolute Gasteiger partial charge is 0.259 e. The van der Waals surface area contributed by atoms with Gasteiger partial charge in [0.15, 0.2) is 12.4 Å². The van der Waals surface area contributed by atoms with Crippen molar-refractivity contribution in [1.82, 2.24) is 20.1 Å². The number of hydrogen-bond acceptors (Lipinski definition) is 13. The number of aromatic nitrogens is 1. The van der Waals surface area contributed by atoms with Crippen LogP contribution in [-0.2, 0) is 4.74 Å². The summed E-state index contributed by atoms with van der Waals surface area (Å²) in [6.45, 7) is 1.18. The standard InChI is InChI=1S/C37H35ClN6O7S2/c1-22(20-53-35-39-17-18-52-35)41-33-36(29(48)23-11-5-2-6-12-23)34(43(21-40-36)32-28(47)27(46)26(19-45)51-32)44(31(50)25-15-9-4-10-16-25)37(38,42-33)30(49)24-13-7-3-8-14-24/h2-18,21-22,26-28,32,34,45-47H,19-20H2,1H3,(H,41,42)/t22-,26-,27?,28?,32-,34?,36?,37?/m1/s1. The SMILES string of the molecule is C[C@H](CSc1nccs1)N=C1NC(Cl)(C(=O)c2ccccc2)N(C(=O)c2ccccc2)C2N([C@@H]3O[C@H](CO)C(O)C3O)C=NC12C(=O)c1ccccc1. The number of thiazole rings is 1. The third-order valence-corrected chi connectivity index (χ3v) is 11.9. The number of aliphatic imine (C=N–C) groups is 2. The minimum absolute atomic E-state index is 0.106. The van der Waals surface area contributed by atoms with E-state index < -0.39 is 71.5 Å². The van der Waals surface area contributed by atoms with Crippen LogP contribution in [0.1, 0.15) is 38.0 Å². The predicted octanol–water partition coefficient (Wildman–Crippen LogP) is 3.27. The summed E-state index contributed by atoms with van der Waals surface area (Å²) >= 11 is 10.5. The lowest BCUT2D eigenvalue weighted by molar-refractivity contribution is -0.108. The van der Waals surface area contributed by atoms with Gasteiger partial charge in [-0.25, -0.2) is 9.98 Å². The normalized spacial score (nSPS) is 29.2. The molecule has 4 N–H and O–H groups in total. The Kier molecular flexibility index (Phi) is 10.5. The van der Waals surface area contributed by atoms with E-state index in [4.69, 9.17) is 26.3 Å². The number of aliphatic hydroxyl groups is 3. The van der Waals surface area contributed by atoms with Crippen LogP contribution >= 0.6 is 34.7 Å². The van der Waals surface area contributed by atoms with Crippen LogP contribution in [0.2, 0.25) is 0 Å². The van der Waals surface area contributed by atoms with Crippen molar-refractivity contribution in [3.05, 3.63) is 119 Å². The molecule has 4 aromatic rings. The number of ether oxygens (including phenoxy) is 1. The van der Waals surface area contributed by atoms with Crippen molar-refractivity contribution < 1.29 is 34.4 Å². The number of rotatable bonds is 11. The first kappa shape index (κ1) is 36.9. The lowest BCUT2D eigenvalue weighted by Gasteiger charge is -2.55. The van der Waals surface area contributed by atoms with Gasteiger partial charge in [0.25, 0.3) is 11.0 Å². The number of Topliss-reactive ketones (excluding diaryl/α,β-unsaturated/α-hetero) is 2. The fraction of sp³-hybridized carbons (Fsp3) is 0.297. The minimum Gasteiger partial charge on any atom is -0.394 e. The summed E-state index contributed by atoms with van der Waals surface area (Å²) in [5, 5.41) is 34.7. The van der Waals surface area contributed by atoms with E-state index in [1.807, 2.05) is 12.3 Å². The number of thioether (sulfide) groups is 1. The number of amides is 1. The number of halogens is 1. The highest BCUT2D eigenvalue weighted by Gasteiger charge is 2.70. The summed E-state index contributed by atoms with van der Waals surface area (Å²) in [5.41, 5.74) is -1.64. The minimum atomic E-state index is -2.44. The van der Waals surface area contributed by atoms with Gasteiger partial charge in [-0.2, -0.15) is 0 Å². The lowest BCUT2D eigenvalue weighted by atomic mass is 9.81. The third kappa shape index (κ3) is 6.56. The van der Waals surface area contributed by atoms with Crippen LogP contribution < -0.4 is 5.32 Å². The summed E-state index contributed by atoms with van der Waals surface area (Å²) in [4.78, 5) is 61.5. The number of alkyl halides is 1. The van der Waals surface area contributed by atoms with Crippen molar-refractivity contribution in [3.8, 4) is 0 Å². The fourth-order valence-corrected chi connectivity index (χ4v) is 8.66. The summed E-state index contributed by atoms with van der Waals surface area (Å²) in [7, 11) is 0. The molecule has 274 valence electrons. The highest BCUT2D eigenvalue weighted by Crippen LogP contribution is 2.45. The van der Waals surface area contributed by atoms with Crippen LogP contribution in [0.25, 0.3) is 0 Å². The molecule has 1 amide bonds. The molecule has 8 atom stereocenters. The summed E-state index contributed by atoms with van der Waals surface area (Å²) in [6.07, 6.45) is -4.55. The van der Waals surface area contributed by atoms with E-state index in [9.17, 15) is 24.9 Å². The molecule has 3 aliphatic rings. The van der Waals surface area contributed by atoms with Gasteiger partial charge in [0.1, 0.15) is 28.5 Å². The van der Waals surface area contributed by atoms with Gasteiger partial charge >= 0.3 is 0 Å². The van der Waals surface area contributed by atoms with Crippen molar-refractivity contribution in [2.45, 2.75) is 58.7 Å². The highest BCUT2D eigenvalue weighted by molar-refractivity contribution is 8.01. The van der Waals surface area contributed by atoms with Gasteiger partial charge in [-0.05, 0) is 19.1 Å². The zero-order chi connectivity index (χ0) is 37.3. The van der Waals surface area contributed by atoms with Crippen molar-refractivity contribution in [3.63, 3.8) is 0 Å². The molecule has 5 unspecified atom stereocenters. The molecule has 4 heterocycles. The second-order valence-electron chi connectivity index (χ2n) is 12.7. The van der Waals surface area contributed by atoms with E-state index >= 15 is 4.79 Å². The molecule has 1 aromatic heterocycles. The quantitative estimate of drug-likeness (QED) is 0.0762. The average molecular weight is 775 g/mol. The number of aliphatic hydroxyl groups excluding tert-OH is 3. The maximum Gasteiger partial charge on any atom is 0.259 e. The first-order valence-electron chi connectivity index (χ1n) is 16.7. The predicted molar refractivity (Wildman–Crippen MR) is 200 cm³/mol. The van der Waals surface area contributed by atoms with Gasteiger partial charge < -0.3 is 30.3 Å². The van der Waals surface area contributed by atoms with Gasteiger partial charge in [0.05, 0.1) is 19.0 Å². The number of fused-ring (bicyclic) bond motifs is 1. The number of benzene rings is 3. The lowest BCUT2D eigenvalue weighted by Crippen LogP contribution is -2.82. The summed E-state index contributed by atoms with van der Waals surface area (Å²) < 4.78 is 6.79. The van der Waals surface area contributed by atoms with Crippen LogP contribution in [-0.4, -0.2) is 120 Å². The second kappa shape index (κ2) is 15.1. The van der Waals surface area contributed by atoms with E-state index in [1.165, 1.54) is 34.3 Å². The van der Waals surface area contributed by atoms with Crippen LogP contribution in [0.5, 0.6) is 0 Å². The number of carbonyl (C=O) groups excluding carboxylic acids is 3. The van der Waals surface area contributed by atoms with Crippen molar-refractivity contribution >= 4 is 64.3 Å². The molecule has 53 heavy (non-hydrogen) atoms. The van der Waals surface area contributed by atoms with Crippen LogP contribution in [0, 0.1) is 0 Å². The number of ketones is 2. The van der Waals surface area contributed by atoms with E-state index in [0.717, 1.165) is 9.24 Å². The molecular formula is C37H35ClN6O7S2. The van der Waals surface area contributed by atoms with E-state index in [1.54, 1.807) is 97.2 Å². The Morgan fingerprint density at radius 2 is 1.57 bits per heavy atom. The second-order valence-corrected chi connectivity index (χ2v) is 15.4. The Bertz CT molecular complexity index is 2010. The van der Waals surface area contributed by atoms with Crippen LogP contribution in [0.15, 0.2) is 117 Å². The molecule has 0 radical (unpaired) electrons. The Morgan fingerprint density at radius 1 is 0.962 bits per heavy atom. The zero-order valence-electron chi connectivity index (χ0n) is 28.2. The maximum absolute atomic E-state index is 15.2. The maximum atomic E-state index is 15.2. The van der Waals surface area contributed by atoms with Gasteiger partial charge in [0.2, 0.25) is 17.1 Å². The van der Waals surface area contributed by atoms with Crippen molar-refractivity contribution in [2.24, 2.45) is 9.98 Å². The molecular weight excluding hydrogens is 740 g/mol. The number of nitrogens with one attached hydrogen (secondary N) is 1. The van der Waals surface area contributed by atoms with E-state index in [-0.39, 0.29) is 22.5 Å². The first-order valence-corrected chi connectivity index (χ1v) is 19.0. The molecule has 0 bridgehead atoms. The largest absolute Gasteiger partial charge is 0.394 e. The molecule has 16 heteroatoms. The average Bonchev–Trinajstić information content (AvgIpc) is 3.93. The molecule has 2 fully saturated rings. The molecule has 2 saturated heterocycles. The zero-order valence-corrected chi connectivity index (χ0v) is 30.6. The Hall–Kier alpha value is -4.48. The van der Waals surface area contributed by atoms with Gasteiger partial charge in [-0.15, -0.1) is 11.3 Å². The molecule has 13 nitrogen and oxygen atoms in total. The molecule has 0 aliphatic carbocycles. The summed E-state index contributed by atoms with van der Waals surface area (Å²) in [6, 6.07) is 24.0. The Labute approximate surface area is 318 Å². The molecule has 7 rings (SSSR count). The summed E-state index contributed by atoms with van der Waals surface area (Å²) in [5.74, 6) is -1.80. The van der Waals surface area contributed by atoms with Gasteiger partial charge in [0, 0.05) is 34.0 Å². The van der Waals surface area contributed by atoms with Gasteiger partial charge in [-0.3, -0.25) is 24.3 Å². The van der Waals surface area contributed by atoms with E-state index in [0.29, 0.717) is 5.75 Å². The number of carbonyl (C=O) groups is 3. The number of nitrogens with zero attached hydrogens (tertiary/aromatic N) is 5. The molecule has 0 spiro atoms. The fourth-order valence-electron chi connectivity index (χ4n) is 6.69. The van der Waals surface area contributed by atoms with Crippen LogP contribution in [0.3, 0.4) is 0 Å². The Balaban J connectivity index is 1.47. The van der Waals surface area contributed by atoms with Crippen LogP contribution in [0.4, 0.5) is 0 Å². The van der Waals surface area contributed by atoms with E-state index in [2.05, 4.69) is 10.3 Å². The van der Waals surface area contributed by atoms with Gasteiger partial charge in [-0.1, -0.05) is 102 Å². The highest BCUT2D eigenvalue weighted by atomic mass is 35.5. The monoisotopic (exact) mass is 774 g/mol. The first-order chi connectivity index (χ1) is 25.6.